The second-order valence-electron chi connectivity index (χ2n) is 5.26. The van der Waals surface area contributed by atoms with E-state index in [2.05, 4.69) is 15.6 Å². The number of thiazole rings is 1. The molecule has 26 heavy (non-hydrogen) atoms. The van der Waals surface area contributed by atoms with Crippen LogP contribution in [-0.2, 0) is 11.2 Å². The summed E-state index contributed by atoms with van der Waals surface area (Å²) in [5, 5.41) is 7.58. The Morgan fingerprint density at radius 3 is 2.69 bits per heavy atom. The lowest BCUT2D eigenvalue weighted by Gasteiger charge is -2.06. The average molecular weight is 371 g/mol. The molecule has 0 aliphatic carbocycles. The number of benzene rings is 1. The molecule has 7 nitrogen and oxygen atoms in total. The van der Waals surface area contributed by atoms with E-state index in [1.807, 2.05) is 6.92 Å². The van der Waals surface area contributed by atoms with Gasteiger partial charge < -0.3 is 14.5 Å². The van der Waals surface area contributed by atoms with Gasteiger partial charge in [0, 0.05) is 11.1 Å². The van der Waals surface area contributed by atoms with E-state index < -0.39 is 0 Å². The van der Waals surface area contributed by atoms with E-state index in [0.29, 0.717) is 23.1 Å². The number of nitrogens with one attached hydrogen (secondary N) is 2. The summed E-state index contributed by atoms with van der Waals surface area (Å²) in [6, 6.07) is 10.3. The zero-order valence-corrected chi connectivity index (χ0v) is 14.8. The number of carbonyl (C=O) groups excluding carboxylic acids is 2. The first-order valence-electron chi connectivity index (χ1n) is 7.96. The standard InChI is InChI=1S/C18H17N3O4S/c1-2-24-14-7-5-12(6-8-14)19-16(22)10-13-11-26-18(20-13)21-17(23)15-4-3-9-25-15/h3-9,11H,2,10H2,1H3,(H,19,22)(H,20,21,23). The Kier molecular flexibility index (Phi) is 5.65. The van der Waals surface area contributed by atoms with Gasteiger partial charge in [0.2, 0.25) is 5.91 Å². The molecule has 0 aliphatic heterocycles. The van der Waals surface area contributed by atoms with Crippen molar-refractivity contribution >= 4 is 34.0 Å². The summed E-state index contributed by atoms with van der Waals surface area (Å²) in [7, 11) is 0. The lowest BCUT2D eigenvalue weighted by Crippen LogP contribution is -2.15. The highest BCUT2D eigenvalue weighted by atomic mass is 32.1. The number of carbonyl (C=O) groups is 2. The highest BCUT2D eigenvalue weighted by molar-refractivity contribution is 7.14. The van der Waals surface area contributed by atoms with E-state index in [4.69, 9.17) is 9.15 Å². The maximum atomic E-state index is 12.1. The molecule has 8 heteroatoms. The molecule has 2 heterocycles. The molecule has 0 fully saturated rings. The van der Waals surface area contributed by atoms with E-state index in [-0.39, 0.29) is 24.0 Å². The van der Waals surface area contributed by atoms with Gasteiger partial charge in [0.05, 0.1) is 25.0 Å². The highest BCUT2D eigenvalue weighted by Crippen LogP contribution is 2.19. The molecule has 0 unspecified atom stereocenters. The van der Waals surface area contributed by atoms with E-state index >= 15 is 0 Å². The van der Waals surface area contributed by atoms with Crippen LogP contribution in [0, 0.1) is 0 Å². The van der Waals surface area contributed by atoms with E-state index in [9.17, 15) is 9.59 Å². The van der Waals surface area contributed by atoms with Gasteiger partial charge in [-0.25, -0.2) is 4.98 Å². The van der Waals surface area contributed by atoms with Gasteiger partial charge in [0.15, 0.2) is 10.9 Å². The summed E-state index contributed by atoms with van der Waals surface area (Å²) in [6.07, 6.45) is 1.54. The van der Waals surface area contributed by atoms with Crippen molar-refractivity contribution in [3.8, 4) is 5.75 Å². The molecule has 0 bridgehead atoms. The zero-order chi connectivity index (χ0) is 18.4. The molecule has 0 radical (unpaired) electrons. The van der Waals surface area contributed by atoms with E-state index in [1.54, 1.807) is 41.8 Å². The molecule has 0 aliphatic rings. The Morgan fingerprint density at radius 2 is 2.00 bits per heavy atom. The Bertz CT molecular complexity index is 872. The quantitative estimate of drug-likeness (QED) is 0.662. The third-order valence-corrected chi connectivity index (χ3v) is 4.11. The van der Waals surface area contributed by atoms with Crippen LogP contribution in [0.5, 0.6) is 5.75 Å². The second kappa shape index (κ2) is 8.30. The predicted molar refractivity (Wildman–Crippen MR) is 98.7 cm³/mol. The maximum absolute atomic E-state index is 12.1. The molecule has 3 rings (SSSR count). The molecule has 0 spiro atoms. The number of aromatic nitrogens is 1. The van der Waals surface area contributed by atoms with Crippen LogP contribution in [0.15, 0.2) is 52.5 Å². The number of anilines is 2. The molecule has 2 aromatic heterocycles. The summed E-state index contributed by atoms with van der Waals surface area (Å²) in [5.74, 6) is 0.384. The number of hydrogen-bond donors (Lipinski definition) is 2. The Balaban J connectivity index is 1.53. The highest BCUT2D eigenvalue weighted by Gasteiger charge is 2.13. The van der Waals surface area contributed by atoms with Gasteiger partial charge in [-0.3, -0.25) is 14.9 Å². The number of amides is 2. The van der Waals surface area contributed by atoms with Crippen molar-refractivity contribution in [1.29, 1.82) is 0 Å². The van der Waals surface area contributed by atoms with Crippen molar-refractivity contribution in [1.82, 2.24) is 4.98 Å². The van der Waals surface area contributed by atoms with Crippen molar-refractivity contribution in [3.05, 3.63) is 59.5 Å². The lowest BCUT2D eigenvalue weighted by atomic mass is 10.2. The monoisotopic (exact) mass is 371 g/mol. The Morgan fingerprint density at radius 1 is 1.19 bits per heavy atom. The SMILES string of the molecule is CCOc1ccc(NC(=O)Cc2csc(NC(=O)c3ccco3)n2)cc1. The van der Waals surface area contributed by atoms with Crippen LogP contribution in [0.25, 0.3) is 0 Å². The number of hydrogen-bond acceptors (Lipinski definition) is 6. The first kappa shape index (κ1) is 17.7. The van der Waals surface area contributed by atoms with Gasteiger partial charge in [0.25, 0.3) is 5.91 Å². The normalized spacial score (nSPS) is 10.3. The topological polar surface area (TPSA) is 93.5 Å². The molecular weight excluding hydrogens is 354 g/mol. The van der Waals surface area contributed by atoms with Crippen molar-refractivity contribution in [2.24, 2.45) is 0 Å². The second-order valence-corrected chi connectivity index (χ2v) is 6.12. The van der Waals surface area contributed by atoms with Crippen molar-refractivity contribution < 1.29 is 18.7 Å². The molecule has 2 N–H and O–H groups in total. The minimum atomic E-state index is -0.380. The average Bonchev–Trinajstić information content (AvgIpc) is 3.29. The minimum absolute atomic E-state index is 0.111. The van der Waals surface area contributed by atoms with Gasteiger partial charge in [0.1, 0.15) is 5.75 Å². The molecule has 1 aromatic carbocycles. The number of nitrogens with zero attached hydrogens (tertiary/aromatic N) is 1. The fraction of sp³-hybridized carbons (Fsp3) is 0.167. The van der Waals surface area contributed by atoms with Crippen LogP contribution in [0.2, 0.25) is 0 Å². The summed E-state index contributed by atoms with van der Waals surface area (Å²) >= 11 is 1.25. The summed E-state index contributed by atoms with van der Waals surface area (Å²) in [4.78, 5) is 28.3. The first-order chi connectivity index (χ1) is 12.6. The molecule has 0 saturated carbocycles. The first-order valence-corrected chi connectivity index (χ1v) is 8.84. The van der Waals surface area contributed by atoms with Crippen LogP contribution >= 0.6 is 11.3 Å². The van der Waals surface area contributed by atoms with Crippen LogP contribution in [0.3, 0.4) is 0 Å². The lowest BCUT2D eigenvalue weighted by molar-refractivity contribution is -0.115. The van der Waals surface area contributed by atoms with Crippen LogP contribution < -0.4 is 15.4 Å². The predicted octanol–water partition coefficient (Wildman–Crippen LogP) is 3.57. The van der Waals surface area contributed by atoms with Crippen molar-refractivity contribution in [2.45, 2.75) is 13.3 Å². The van der Waals surface area contributed by atoms with Gasteiger partial charge in [-0.1, -0.05) is 0 Å². The van der Waals surface area contributed by atoms with Gasteiger partial charge in [-0.2, -0.15) is 0 Å². The van der Waals surface area contributed by atoms with Crippen molar-refractivity contribution in [3.63, 3.8) is 0 Å². The fourth-order valence-electron chi connectivity index (χ4n) is 2.18. The summed E-state index contributed by atoms with van der Waals surface area (Å²) < 4.78 is 10.4. The van der Waals surface area contributed by atoms with Crippen LogP contribution in [0.4, 0.5) is 10.8 Å². The molecule has 3 aromatic rings. The molecule has 2 amide bonds. The number of rotatable bonds is 7. The van der Waals surface area contributed by atoms with Gasteiger partial charge in [-0.05, 0) is 43.3 Å². The maximum Gasteiger partial charge on any atom is 0.293 e. The fourth-order valence-corrected chi connectivity index (χ4v) is 2.89. The molecule has 0 saturated heterocycles. The zero-order valence-electron chi connectivity index (χ0n) is 14.0. The third-order valence-electron chi connectivity index (χ3n) is 3.31. The summed E-state index contributed by atoms with van der Waals surface area (Å²) in [5.41, 5.74) is 1.26. The largest absolute Gasteiger partial charge is 0.494 e. The third kappa shape index (κ3) is 4.70. The van der Waals surface area contributed by atoms with Crippen LogP contribution in [-0.4, -0.2) is 23.4 Å². The van der Waals surface area contributed by atoms with Crippen molar-refractivity contribution in [2.75, 3.05) is 17.2 Å². The number of furan rings is 1. The molecule has 134 valence electrons. The van der Waals surface area contributed by atoms with Crippen LogP contribution in [0.1, 0.15) is 23.2 Å². The Labute approximate surface area is 154 Å². The van der Waals surface area contributed by atoms with E-state index in [1.165, 1.54) is 17.6 Å². The van der Waals surface area contributed by atoms with Gasteiger partial charge in [-0.15, -0.1) is 11.3 Å². The minimum Gasteiger partial charge on any atom is -0.494 e. The smallest absolute Gasteiger partial charge is 0.293 e. The number of ether oxygens (including phenoxy) is 1. The molecule has 0 atom stereocenters. The van der Waals surface area contributed by atoms with Gasteiger partial charge >= 0.3 is 0 Å². The Hall–Kier alpha value is -3.13. The van der Waals surface area contributed by atoms with E-state index in [0.717, 1.165) is 5.75 Å². The molecular formula is C18H17N3O4S. The summed E-state index contributed by atoms with van der Waals surface area (Å²) in [6.45, 7) is 2.50.